The van der Waals surface area contributed by atoms with Crippen LogP contribution in [0.4, 0.5) is 0 Å². The van der Waals surface area contributed by atoms with Gasteiger partial charge in [0.25, 0.3) is 0 Å². The van der Waals surface area contributed by atoms with Crippen LogP contribution in [0, 0.1) is 6.92 Å². The molecule has 0 heterocycles. The van der Waals surface area contributed by atoms with Crippen molar-refractivity contribution in [1.29, 1.82) is 0 Å². The van der Waals surface area contributed by atoms with E-state index in [4.69, 9.17) is 10.5 Å². The van der Waals surface area contributed by atoms with Crippen molar-refractivity contribution in [3.05, 3.63) is 28.8 Å². The molecule has 0 amide bonds. The maximum Gasteiger partial charge on any atom is 0.126 e. The lowest BCUT2D eigenvalue weighted by Crippen LogP contribution is -2.33. The highest BCUT2D eigenvalue weighted by molar-refractivity contribution is 5.55. The van der Waals surface area contributed by atoms with Gasteiger partial charge in [0.15, 0.2) is 0 Å². The molecule has 1 atom stereocenters. The molecule has 0 aliphatic heterocycles. The van der Waals surface area contributed by atoms with E-state index >= 15 is 0 Å². The fraction of sp³-hybridized carbons (Fsp3) is 0.647. The number of benzene rings is 1. The SMILES string of the molecule is COc1c(C(C)(C)C)ccc(C)c1C1(C(C)N)CC1. The molecule has 1 saturated carbocycles. The summed E-state index contributed by atoms with van der Waals surface area (Å²) in [5, 5.41) is 0. The molecule has 2 rings (SSSR count). The van der Waals surface area contributed by atoms with Crippen molar-refractivity contribution in [2.75, 3.05) is 7.11 Å². The largest absolute Gasteiger partial charge is 0.496 e. The van der Waals surface area contributed by atoms with Crippen LogP contribution in [0.2, 0.25) is 0 Å². The van der Waals surface area contributed by atoms with Gasteiger partial charge in [-0.1, -0.05) is 32.9 Å². The first-order valence-corrected chi connectivity index (χ1v) is 7.18. The third-order valence-corrected chi connectivity index (χ3v) is 4.54. The average molecular weight is 261 g/mol. The van der Waals surface area contributed by atoms with Crippen LogP contribution >= 0.6 is 0 Å². The normalized spacial score (nSPS) is 19.1. The van der Waals surface area contributed by atoms with E-state index in [9.17, 15) is 0 Å². The van der Waals surface area contributed by atoms with Gasteiger partial charge in [-0.2, -0.15) is 0 Å². The monoisotopic (exact) mass is 261 g/mol. The summed E-state index contributed by atoms with van der Waals surface area (Å²) in [6.07, 6.45) is 2.35. The lowest BCUT2D eigenvalue weighted by atomic mass is 9.79. The molecule has 0 saturated heterocycles. The molecule has 1 aromatic carbocycles. The van der Waals surface area contributed by atoms with Gasteiger partial charge in [0.1, 0.15) is 5.75 Å². The summed E-state index contributed by atoms with van der Waals surface area (Å²) in [6, 6.07) is 4.60. The molecule has 0 bridgehead atoms. The van der Waals surface area contributed by atoms with E-state index in [1.54, 1.807) is 7.11 Å². The van der Waals surface area contributed by atoms with Crippen molar-refractivity contribution in [3.63, 3.8) is 0 Å². The summed E-state index contributed by atoms with van der Waals surface area (Å²) in [5.74, 6) is 1.06. The van der Waals surface area contributed by atoms with E-state index in [2.05, 4.69) is 46.8 Å². The van der Waals surface area contributed by atoms with Gasteiger partial charge < -0.3 is 10.5 Å². The molecule has 0 radical (unpaired) electrons. The van der Waals surface area contributed by atoms with Gasteiger partial charge in [0, 0.05) is 17.0 Å². The minimum Gasteiger partial charge on any atom is -0.496 e. The molecule has 106 valence electrons. The first-order chi connectivity index (χ1) is 8.74. The maximum atomic E-state index is 6.26. The Bertz CT molecular complexity index is 479. The van der Waals surface area contributed by atoms with Crippen molar-refractivity contribution < 1.29 is 4.74 Å². The van der Waals surface area contributed by atoms with E-state index in [-0.39, 0.29) is 16.9 Å². The zero-order valence-corrected chi connectivity index (χ0v) is 13.1. The van der Waals surface area contributed by atoms with Crippen molar-refractivity contribution in [3.8, 4) is 5.75 Å². The van der Waals surface area contributed by atoms with Crippen LogP contribution in [0.1, 0.15) is 57.2 Å². The van der Waals surface area contributed by atoms with Crippen molar-refractivity contribution in [1.82, 2.24) is 0 Å². The van der Waals surface area contributed by atoms with Crippen molar-refractivity contribution in [2.45, 2.75) is 64.3 Å². The lowest BCUT2D eigenvalue weighted by molar-refractivity contribution is 0.381. The molecule has 1 unspecified atom stereocenters. The van der Waals surface area contributed by atoms with Crippen LogP contribution in [-0.4, -0.2) is 13.2 Å². The van der Waals surface area contributed by atoms with Gasteiger partial charge in [-0.25, -0.2) is 0 Å². The van der Waals surface area contributed by atoms with Gasteiger partial charge in [-0.15, -0.1) is 0 Å². The molecule has 0 aromatic heterocycles. The summed E-state index contributed by atoms with van der Waals surface area (Å²) in [6.45, 7) is 11.0. The van der Waals surface area contributed by atoms with Crippen LogP contribution < -0.4 is 10.5 Å². The highest BCUT2D eigenvalue weighted by Crippen LogP contribution is 2.55. The molecule has 2 N–H and O–H groups in total. The smallest absolute Gasteiger partial charge is 0.126 e. The van der Waals surface area contributed by atoms with Crippen LogP contribution in [-0.2, 0) is 10.8 Å². The van der Waals surface area contributed by atoms with Crippen LogP contribution in [0.15, 0.2) is 12.1 Å². The zero-order valence-electron chi connectivity index (χ0n) is 13.1. The fourth-order valence-electron chi connectivity index (χ4n) is 3.17. The van der Waals surface area contributed by atoms with E-state index < -0.39 is 0 Å². The lowest BCUT2D eigenvalue weighted by Gasteiger charge is -2.30. The Morgan fingerprint density at radius 1 is 1.26 bits per heavy atom. The summed E-state index contributed by atoms with van der Waals surface area (Å²) in [4.78, 5) is 0. The Hall–Kier alpha value is -1.02. The van der Waals surface area contributed by atoms with E-state index in [0.29, 0.717) is 0 Å². The molecular formula is C17H27NO. The minimum atomic E-state index is 0.0850. The summed E-state index contributed by atoms with van der Waals surface area (Å²) < 4.78 is 5.80. The maximum absolute atomic E-state index is 6.26. The molecule has 2 heteroatoms. The quantitative estimate of drug-likeness (QED) is 0.901. The van der Waals surface area contributed by atoms with Crippen molar-refractivity contribution in [2.24, 2.45) is 5.73 Å². The van der Waals surface area contributed by atoms with Gasteiger partial charge in [-0.05, 0) is 43.2 Å². The number of rotatable bonds is 3. The molecule has 0 spiro atoms. The van der Waals surface area contributed by atoms with Gasteiger partial charge >= 0.3 is 0 Å². The Labute approximate surface area is 117 Å². The Kier molecular flexibility index (Phi) is 3.42. The zero-order chi connectivity index (χ0) is 14.4. The number of aryl methyl sites for hydroxylation is 1. The summed E-state index contributed by atoms with van der Waals surface area (Å²) in [7, 11) is 1.78. The van der Waals surface area contributed by atoms with Gasteiger partial charge in [-0.3, -0.25) is 0 Å². The van der Waals surface area contributed by atoms with Gasteiger partial charge in [0.2, 0.25) is 0 Å². The van der Waals surface area contributed by atoms with Crippen LogP contribution in [0.3, 0.4) is 0 Å². The number of hydrogen-bond acceptors (Lipinski definition) is 2. The van der Waals surface area contributed by atoms with E-state index in [1.807, 2.05) is 0 Å². The predicted octanol–water partition coefficient (Wildman–Crippen LogP) is 3.68. The number of ether oxygens (including phenoxy) is 1. The highest BCUT2D eigenvalue weighted by atomic mass is 16.5. The summed E-state index contributed by atoms with van der Waals surface area (Å²) >= 11 is 0. The molecule has 1 fully saturated rings. The molecule has 1 aliphatic rings. The third kappa shape index (κ3) is 2.27. The Balaban J connectivity index is 2.67. The average Bonchev–Trinajstić information content (AvgIpc) is 3.07. The first kappa shape index (κ1) is 14.4. The van der Waals surface area contributed by atoms with Crippen LogP contribution in [0.25, 0.3) is 0 Å². The number of hydrogen-bond donors (Lipinski definition) is 1. The number of nitrogens with two attached hydrogens (primary N) is 1. The standard InChI is InChI=1S/C17H27NO/c1-11-7-8-13(16(3,4)5)15(19-6)14(11)17(9-10-17)12(2)18/h7-8,12H,9-10,18H2,1-6H3. The molecule has 1 aromatic rings. The third-order valence-electron chi connectivity index (χ3n) is 4.54. The fourth-order valence-corrected chi connectivity index (χ4v) is 3.17. The molecule has 19 heavy (non-hydrogen) atoms. The Morgan fingerprint density at radius 2 is 1.84 bits per heavy atom. The highest BCUT2D eigenvalue weighted by Gasteiger charge is 2.50. The molecule has 2 nitrogen and oxygen atoms in total. The molecule has 1 aliphatic carbocycles. The molecular weight excluding hydrogens is 234 g/mol. The topological polar surface area (TPSA) is 35.2 Å². The van der Waals surface area contributed by atoms with Crippen molar-refractivity contribution >= 4 is 0 Å². The van der Waals surface area contributed by atoms with E-state index in [1.165, 1.54) is 29.5 Å². The number of methoxy groups -OCH3 is 1. The predicted molar refractivity (Wildman–Crippen MR) is 81.0 cm³/mol. The first-order valence-electron chi connectivity index (χ1n) is 7.18. The second kappa shape index (κ2) is 4.52. The van der Waals surface area contributed by atoms with Gasteiger partial charge in [0.05, 0.1) is 7.11 Å². The second-order valence-corrected chi connectivity index (χ2v) is 7.03. The second-order valence-electron chi connectivity index (χ2n) is 7.03. The van der Waals surface area contributed by atoms with E-state index in [0.717, 1.165) is 5.75 Å². The minimum absolute atomic E-state index is 0.0850. The summed E-state index contributed by atoms with van der Waals surface area (Å²) in [5.41, 5.74) is 10.4. The Morgan fingerprint density at radius 3 is 2.21 bits per heavy atom. The van der Waals surface area contributed by atoms with Crippen LogP contribution in [0.5, 0.6) is 5.75 Å².